The van der Waals surface area contributed by atoms with Crippen LogP contribution in [0, 0.1) is 5.92 Å². The molecule has 20 heavy (non-hydrogen) atoms. The molecular weight excluding hydrogens is 270 g/mol. The van der Waals surface area contributed by atoms with Crippen molar-refractivity contribution in [2.45, 2.75) is 33.2 Å². The van der Waals surface area contributed by atoms with E-state index in [1.165, 1.54) is 5.56 Å². The Balaban J connectivity index is 1.99. The zero-order valence-electron chi connectivity index (χ0n) is 12.4. The first-order chi connectivity index (χ1) is 9.58. The van der Waals surface area contributed by atoms with E-state index in [2.05, 4.69) is 48.4 Å². The number of hydrogen-bond donors (Lipinski definition) is 1. The lowest BCUT2D eigenvalue weighted by Gasteiger charge is -2.13. The Labute approximate surface area is 124 Å². The van der Waals surface area contributed by atoms with Crippen LogP contribution in [0.1, 0.15) is 37.4 Å². The highest BCUT2D eigenvalue weighted by molar-refractivity contribution is 7.15. The lowest BCUT2D eigenvalue weighted by atomic mass is 10.1. The van der Waals surface area contributed by atoms with Gasteiger partial charge >= 0.3 is 0 Å². The maximum atomic E-state index is 5.17. The van der Waals surface area contributed by atoms with Crippen LogP contribution in [-0.2, 0) is 6.42 Å². The van der Waals surface area contributed by atoms with Gasteiger partial charge in [-0.05, 0) is 30.5 Å². The monoisotopic (exact) mass is 291 g/mol. The molecular formula is C15H21N3OS. The second-order valence-electron chi connectivity index (χ2n) is 5.24. The normalized spacial score (nSPS) is 12.4. The summed E-state index contributed by atoms with van der Waals surface area (Å²) in [6, 6.07) is 8.26. The van der Waals surface area contributed by atoms with Gasteiger partial charge in [0.05, 0.1) is 13.2 Å². The van der Waals surface area contributed by atoms with E-state index in [0.717, 1.165) is 22.3 Å². The summed E-state index contributed by atoms with van der Waals surface area (Å²) in [5.41, 5.74) is 1.20. The van der Waals surface area contributed by atoms with Crippen LogP contribution in [0.2, 0.25) is 0 Å². The van der Waals surface area contributed by atoms with Crippen molar-refractivity contribution in [3.8, 4) is 5.75 Å². The van der Waals surface area contributed by atoms with Crippen LogP contribution in [0.4, 0.5) is 5.13 Å². The Hall–Kier alpha value is -1.62. The summed E-state index contributed by atoms with van der Waals surface area (Å²) in [6.45, 7) is 6.49. The summed E-state index contributed by atoms with van der Waals surface area (Å²) in [5, 5.41) is 13.8. The molecule has 0 radical (unpaired) electrons. The van der Waals surface area contributed by atoms with Gasteiger partial charge in [0.1, 0.15) is 10.8 Å². The number of aromatic nitrogens is 2. The van der Waals surface area contributed by atoms with Gasteiger partial charge in [-0.1, -0.05) is 37.3 Å². The minimum atomic E-state index is 0.195. The molecule has 4 nitrogen and oxygen atoms in total. The highest BCUT2D eigenvalue weighted by Crippen LogP contribution is 2.24. The lowest BCUT2D eigenvalue weighted by Crippen LogP contribution is -2.06. The summed E-state index contributed by atoms with van der Waals surface area (Å²) < 4.78 is 5.17. The fourth-order valence-corrected chi connectivity index (χ4v) is 2.94. The molecule has 0 aliphatic rings. The predicted molar refractivity (Wildman–Crippen MR) is 83.5 cm³/mol. The number of rotatable bonds is 6. The highest BCUT2D eigenvalue weighted by Gasteiger charge is 2.10. The summed E-state index contributed by atoms with van der Waals surface area (Å²) in [4.78, 5) is 0. The molecule has 1 unspecified atom stereocenters. The molecule has 1 aromatic heterocycles. The van der Waals surface area contributed by atoms with Gasteiger partial charge in [0, 0.05) is 6.42 Å². The Kier molecular flexibility index (Phi) is 4.95. The van der Waals surface area contributed by atoms with Crippen molar-refractivity contribution in [2.75, 3.05) is 12.4 Å². The Morgan fingerprint density at radius 2 is 1.85 bits per heavy atom. The Morgan fingerprint density at radius 3 is 2.45 bits per heavy atom. The molecule has 1 aromatic carbocycles. The first-order valence-corrected chi connectivity index (χ1v) is 7.63. The fourth-order valence-electron chi connectivity index (χ4n) is 1.90. The molecule has 2 rings (SSSR count). The van der Waals surface area contributed by atoms with Gasteiger partial charge in [0.2, 0.25) is 5.13 Å². The maximum Gasteiger partial charge on any atom is 0.206 e. The van der Waals surface area contributed by atoms with Crippen LogP contribution < -0.4 is 10.1 Å². The van der Waals surface area contributed by atoms with Crippen molar-refractivity contribution < 1.29 is 4.74 Å². The van der Waals surface area contributed by atoms with Crippen molar-refractivity contribution in [3.05, 3.63) is 34.8 Å². The van der Waals surface area contributed by atoms with Crippen LogP contribution in [0.3, 0.4) is 0 Å². The molecule has 0 aliphatic carbocycles. The van der Waals surface area contributed by atoms with Gasteiger partial charge in [0.15, 0.2) is 0 Å². The first kappa shape index (κ1) is 14.8. The summed E-state index contributed by atoms with van der Waals surface area (Å²) in [6.07, 6.45) is 0.982. The molecule has 1 N–H and O–H groups in total. The largest absolute Gasteiger partial charge is 0.497 e. The third-order valence-corrected chi connectivity index (χ3v) is 3.88. The first-order valence-electron chi connectivity index (χ1n) is 6.81. The van der Waals surface area contributed by atoms with E-state index in [4.69, 9.17) is 4.74 Å². The highest BCUT2D eigenvalue weighted by atomic mass is 32.1. The summed E-state index contributed by atoms with van der Waals surface area (Å²) in [5.74, 6) is 1.48. The zero-order valence-corrected chi connectivity index (χ0v) is 13.2. The third kappa shape index (κ3) is 3.93. The van der Waals surface area contributed by atoms with Gasteiger partial charge in [0.25, 0.3) is 0 Å². The molecule has 1 heterocycles. The molecule has 108 valence electrons. The third-order valence-electron chi connectivity index (χ3n) is 3.01. The standard InChI is InChI=1S/C15H21N3OS/c1-10(2)9-14-17-18-15(20-14)16-11(3)12-5-7-13(19-4)8-6-12/h5-8,10-11H,9H2,1-4H3,(H,16,18). The van der Waals surface area contributed by atoms with Gasteiger partial charge in [-0.25, -0.2) is 0 Å². The van der Waals surface area contributed by atoms with E-state index >= 15 is 0 Å². The smallest absolute Gasteiger partial charge is 0.206 e. The van der Waals surface area contributed by atoms with Crippen molar-refractivity contribution in [1.82, 2.24) is 10.2 Å². The second kappa shape index (κ2) is 6.70. The number of benzene rings is 1. The molecule has 0 spiro atoms. The van der Waals surface area contributed by atoms with E-state index in [1.807, 2.05) is 12.1 Å². The Morgan fingerprint density at radius 1 is 1.15 bits per heavy atom. The minimum Gasteiger partial charge on any atom is -0.497 e. The minimum absolute atomic E-state index is 0.195. The van der Waals surface area contributed by atoms with Crippen LogP contribution in [-0.4, -0.2) is 17.3 Å². The number of nitrogens with zero attached hydrogens (tertiary/aromatic N) is 2. The molecule has 0 amide bonds. The van der Waals surface area contributed by atoms with Gasteiger partial charge < -0.3 is 10.1 Å². The number of hydrogen-bond acceptors (Lipinski definition) is 5. The molecule has 0 fully saturated rings. The van der Waals surface area contributed by atoms with Crippen LogP contribution in [0.15, 0.2) is 24.3 Å². The van der Waals surface area contributed by atoms with E-state index < -0.39 is 0 Å². The van der Waals surface area contributed by atoms with E-state index in [9.17, 15) is 0 Å². The van der Waals surface area contributed by atoms with E-state index in [0.29, 0.717) is 5.92 Å². The van der Waals surface area contributed by atoms with Gasteiger partial charge in [-0.2, -0.15) is 0 Å². The average molecular weight is 291 g/mol. The van der Waals surface area contributed by atoms with Crippen LogP contribution in [0.5, 0.6) is 5.75 Å². The molecule has 0 aliphatic heterocycles. The van der Waals surface area contributed by atoms with Crippen LogP contribution >= 0.6 is 11.3 Å². The molecule has 1 atom stereocenters. The average Bonchev–Trinajstić information content (AvgIpc) is 2.85. The van der Waals surface area contributed by atoms with Crippen molar-refractivity contribution in [2.24, 2.45) is 5.92 Å². The van der Waals surface area contributed by atoms with E-state index in [1.54, 1.807) is 18.4 Å². The molecule has 0 saturated carbocycles. The van der Waals surface area contributed by atoms with Gasteiger partial charge in [-0.15, -0.1) is 10.2 Å². The number of ether oxygens (including phenoxy) is 1. The second-order valence-corrected chi connectivity index (χ2v) is 6.30. The predicted octanol–water partition coefficient (Wildman–Crippen LogP) is 3.92. The van der Waals surface area contributed by atoms with Crippen molar-refractivity contribution in [3.63, 3.8) is 0 Å². The van der Waals surface area contributed by atoms with E-state index in [-0.39, 0.29) is 6.04 Å². The summed E-state index contributed by atoms with van der Waals surface area (Å²) >= 11 is 1.63. The molecule has 5 heteroatoms. The molecule has 0 saturated heterocycles. The maximum absolute atomic E-state index is 5.17. The van der Waals surface area contributed by atoms with Crippen molar-refractivity contribution >= 4 is 16.5 Å². The summed E-state index contributed by atoms with van der Waals surface area (Å²) in [7, 11) is 1.67. The lowest BCUT2D eigenvalue weighted by molar-refractivity contribution is 0.414. The van der Waals surface area contributed by atoms with Gasteiger partial charge in [-0.3, -0.25) is 0 Å². The quantitative estimate of drug-likeness (QED) is 0.876. The number of methoxy groups -OCH3 is 1. The molecule has 2 aromatic rings. The van der Waals surface area contributed by atoms with Crippen molar-refractivity contribution in [1.29, 1.82) is 0 Å². The number of nitrogens with one attached hydrogen (secondary N) is 1. The number of anilines is 1. The Bertz CT molecular complexity index is 536. The topological polar surface area (TPSA) is 47.0 Å². The zero-order chi connectivity index (χ0) is 14.5. The molecule has 0 bridgehead atoms. The van der Waals surface area contributed by atoms with Crippen LogP contribution in [0.25, 0.3) is 0 Å². The SMILES string of the molecule is COc1ccc(C(C)Nc2nnc(CC(C)C)s2)cc1. The fraction of sp³-hybridized carbons (Fsp3) is 0.467.